The quantitative estimate of drug-likeness (QED) is 0.642. The van der Waals surface area contributed by atoms with Gasteiger partial charge in [-0.3, -0.25) is 9.59 Å². The van der Waals surface area contributed by atoms with Gasteiger partial charge in [-0.05, 0) is 48.2 Å². The Kier molecular flexibility index (Phi) is 5.24. The van der Waals surface area contributed by atoms with Crippen LogP contribution in [0.2, 0.25) is 0 Å². The average Bonchev–Trinajstić information content (AvgIpc) is 2.83. The highest BCUT2D eigenvalue weighted by Crippen LogP contribution is 2.40. The molecular formula is C26H23N3O3. The number of para-hydroxylation sites is 1. The molecule has 2 bridgehead atoms. The van der Waals surface area contributed by atoms with Crippen LogP contribution in [0.4, 0.5) is 0 Å². The number of rotatable bonds is 4. The Hall–Kier alpha value is -3.85. The maximum atomic E-state index is 12.9. The van der Waals surface area contributed by atoms with Gasteiger partial charge in [0.2, 0.25) is 0 Å². The summed E-state index contributed by atoms with van der Waals surface area (Å²) in [4.78, 5) is 27.5. The summed E-state index contributed by atoms with van der Waals surface area (Å²) in [6, 6.07) is 22.4. The number of fused-ring (bicyclic) bond motifs is 4. The van der Waals surface area contributed by atoms with Crippen LogP contribution >= 0.6 is 0 Å². The number of nitrogens with zero attached hydrogens (tertiary/aromatic N) is 3. The monoisotopic (exact) mass is 425 g/mol. The largest absolute Gasteiger partial charge is 0.484 e. The number of aromatic nitrogens is 1. The van der Waals surface area contributed by atoms with Crippen LogP contribution in [0.25, 0.3) is 11.1 Å². The third kappa shape index (κ3) is 3.78. The van der Waals surface area contributed by atoms with Gasteiger partial charge in [0, 0.05) is 42.9 Å². The minimum atomic E-state index is -0.0386. The van der Waals surface area contributed by atoms with E-state index in [1.165, 1.54) is 0 Å². The molecule has 3 aromatic rings. The van der Waals surface area contributed by atoms with Crippen molar-refractivity contribution in [2.24, 2.45) is 5.92 Å². The standard InChI is InChI=1S/C26H23N3O3/c27-13-18-5-4-6-20(11-18)23-9-10-24(30)29-15-19-12-21(26(23)29)16-28(14-19)25(31)17-32-22-7-2-1-3-8-22/h1-11,19,21H,12,14-17H2/t19-,21-/m1/s1. The molecule has 0 aliphatic carbocycles. The lowest BCUT2D eigenvalue weighted by atomic mass is 9.80. The van der Waals surface area contributed by atoms with E-state index in [-0.39, 0.29) is 29.9 Å². The number of hydrogen-bond acceptors (Lipinski definition) is 4. The molecule has 3 heterocycles. The van der Waals surface area contributed by atoms with Crippen LogP contribution in [-0.4, -0.2) is 35.1 Å². The van der Waals surface area contributed by atoms with Crippen LogP contribution in [0.5, 0.6) is 5.75 Å². The van der Waals surface area contributed by atoms with Crippen LogP contribution in [0.3, 0.4) is 0 Å². The first-order chi connectivity index (χ1) is 15.6. The van der Waals surface area contributed by atoms with E-state index in [1.807, 2.05) is 64.1 Å². The average molecular weight is 425 g/mol. The van der Waals surface area contributed by atoms with Gasteiger partial charge in [0.1, 0.15) is 5.75 Å². The summed E-state index contributed by atoms with van der Waals surface area (Å²) >= 11 is 0. The van der Waals surface area contributed by atoms with E-state index in [4.69, 9.17) is 4.74 Å². The lowest BCUT2D eigenvalue weighted by Crippen LogP contribution is -2.50. The highest BCUT2D eigenvalue weighted by molar-refractivity contribution is 5.78. The molecule has 6 nitrogen and oxygen atoms in total. The van der Waals surface area contributed by atoms with Crippen molar-refractivity contribution in [3.05, 3.63) is 88.3 Å². The van der Waals surface area contributed by atoms with Gasteiger partial charge >= 0.3 is 0 Å². The Morgan fingerprint density at radius 3 is 2.69 bits per heavy atom. The molecule has 5 rings (SSSR count). The van der Waals surface area contributed by atoms with Crippen molar-refractivity contribution in [3.8, 4) is 22.9 Å². The molecule has 1 fully saturated rings. The summed E-state index contributed by atoms with van der Waals surface area (Å²) in [6.45, 7) is 1.79. The molecule has 0 unspecified atom stereocenters. The zero-order chi connectivity index (χ0) is 22.1. The Morgan fingerprint density at radius 1 is 1.03 bits per heavy atom. The lowest BCUT2D eigenvalue weighted by molar-refractivity contribution is -0.136. The van der Waals surface area contributed by atoms with Gasteiger partial charge < -0.3 is 14.2 Å². The van der Waals surface area contributed by atoms with Gasteiger partial charge in [-0.1, -0.05) is 30.3 Å². The highest BCUT2D eigenvalue weighted by Gasteiger charge is 2.37. The first-order valence-electron chi connectivity index (χ1n) is 10.8. The number of benzene rings is 2. The predicted molar refractivity (Wildman–Crippen MR) is 120 cm³/mol. The van der Waals surface area contributed by atoms with E-state index in [9.17, 15) is 14.9 Å². The van der Waals surface area contributed by atoms with Crippen molar-refractivity contribution in [2.75, 3.05) is 19.7 Å². The summed E-state index contributed by atoms with van der Waals surface area (Å²) in [5, 5.41) is 9.30. The molecule has 0 saturated carbocycles. The molecule has 6 heteroatoms. The number of carbonyl (C=O) groups excluding carboxylic acids is 1. The van der Waals surface area contributed by atoms with Gasteiger partial charge in [0.15, 0.2) is 6.61 Å². The van der Waals surface area contributed by atoms with Gasteiger partial charge in [-0.15, -0.1) is 0 Å². The maximum Gasteiger partial charge on any atom is 0.260 e. The number of hydrogen-bond donors (Lipinski definition) is 0. The summed E-state index contributed by atoms with van der Waals surface area (Å²) in [5.41, 5.74) is 3.41. The van der Waals surface area contributed by atoms with E-state index in [0.717, 1.165) is 23.2 Å². The zero-order valence-electron chi connectivity index (χ0n) is 17.6. The first-order valence-corrected chi connectivity index (χ1v) is 10.8. The zero-order valence-corrected chi connectivity index (χ0v) is 17.6. The van der Waals surface area contributed by atoms with Crippen molar-refractivity contribution in [3.63, 3.8) is 0 Å². The van der Waals surface area contributed by atoms with Crippen molar-refractivity contribution in [1.29, 1.82) is 5.26 Å². The fraction of sp³-hybridized carbons (Fsp3) is 0.269. The Bertz CT molecular complexity index is 1260. The van der Waals surface area contributed by atoms with E-state index in [2.05, 4.69) is 6.07 Å². The fourth-order valence-corrected chi connectivity index (χ4v) is 4.97. The summed E-state index contributed by atoms with van der Waals surface area (Å²) in [7, 11) is 0. The molecule has 2 aliphatic heterocycles. The molecule has 2 aliphatic rings. The fourth-order valence-electron chi connectivity index (χ4n) is 4.97. The van der Waals surface area contributed by atoms with Crippen molar-refractivity contribution >= 4 is 5.91 Å². The van der Waals surface area contributed by atoms with Crippen LogP contribution in [0.15, 0.2) is 71.5 Å². The number of amides is 1. The molecule has 1 amide bonds. The van der Waals surface area contributed by atoms with Crippen LogP contribution in [-0.2, 0) is 11.3 Å². The molecule has 2 atom stereocenters. The van der Waals surface area contributed by atoms with Gasteiger partial charge in [0.25, 0.3) is 11.5 Å². The second-order valence-corrected chi connectivity index (χ2v) is 8.47. The molecule has 0 radical (unpaired) electrons. The molecule has 1 saturated heterocycles. The highest BCUT2D eigenvalue weighted by atomic mass is 16.5. The number of likely N-dealkylation sites (tertiary alicyclic amines) is 1. The Balaban J connectivity index is 1.43. The summed E-state index contributed by atoms with van der Waals surface area (Å²) < 4.78 is 7.54. The van der Waals surface area contributed by atoms with Crippen LogP contribution < -0.4 is 10.3 Å². The third-order valence-corrected chi connectivity index (χ3v) is 6.35. The lowest BCUT2D eigenvalue weighted by Gasteiger charge is -2.43. The number of piperidine rings is 1. The second-order valence-electron chi connectivity index (χ2n) is 8.47. The molecule has 2 aromatic carbocycles. The smallest absolute Gasteiger partial charge is 0.260 e. The van der Waals surface area contributed by atoms with Crippen molar-refractivity contribution in [2.45, 2.75) is 18.9 Å². The van der Waals surface area contributed by atoms with E-state index in [0.29, 0.717) is 30.9 Å². The van der Waals surface area contributed by atoms with Crippen molar-refractivity contribution < 1.29 is 9.53 Å². The van der Waals surface area contributed by atoms with Crippen LogP contribution in [0, 0.1) is 17.2 Å². The topological polar surface area (TPSA) is 75.3 Å². The molecular weight excluding hydrogens is 402 g/mol. The Morgan fingerprint density at radius 2 is 1.88 bits per heavy atom. The van der Waals surface area contributed by atoms with E-state index >= 15 is 0 Å². The summed E-state index contributed by atoms with van der Waals surface area (Å²) in [5.74, 6) is 0.941. The van der Waals surface area contributed by atoms with Gasteiger partial charge in [-0.25, -0.2) is 0 Å². The number of pyridine rings is 1. The van der Waals surface area contributed by atoms with Gasteiger partial charge in [-0.2, -0.15) is 5.26 Å². The first kappa shape index (κ1) is 20.1. The summed E-state index contributed by atoms with van der Waals surface area (Å²) in [6.07, 6.45) is 0.942. The normalized spacial score (nSPS) is 19.0. The molecule has 0 N–H and O–H groups in total. The molecule has 32 heavy (non-hydrogen) atoms. The molecule has 1 aromatic heterocycles. The molecule has 160 valence electrons. The minimum absolute atomic E-state index is 0.00210. The SMILES string of the molecule is N#Cc1cccc(-c2ccc(=O)n3c2[C@@H]2C[C@H](CN(C(=O)COc4ccccc4)C2)C3)c1. The number of ether oxygens (including phenoxy) is 1. The third-order valence-electron chi connectivity index (χ3n) is 6.35. The van der Waals surface area contributed by atoms with Crippen molar-refractivity contribution in [1.82, 2.24) is 9.47 Å². The Labute approximate surface area is 186 Å². The van der Waals surface area contributed by atoms with E-state index in [1.54, 1.807) is 12.1 Å². The van der Waals surface area contributed by atoms with E-state index < -0.39 is 0 Å². The van der Waals surface area contributed by atoms with Gasteiger partial charge in [0.05, 0.1) is 11.6 Å². The maximum absolute atomic E-state index is 12.9. The molecule has 0 spiro atoms. The second kappa shape index (κ2) is 8.35. The number of carbonyl (C=O) groups is 1. The number of nitriles is 1. The van der Waals surface area contributed by atoms with Crippen LogP contribution in [0.1, 0.15) is 23.6 Å². The predicted octanol–water partition coefficient (Wildman–Crippen LogP) is 3.41. The minimum Gasteiger partial charge on any atom is -0.484 e.